The first-order valence-corrected chi connectivity index (χ1v) is 31.4. The number of benzene rings is 12. The van der Waals surface area contributed by atoms with Gasteiger partial charge in [0.05, 0.1) is 57.8 Å². The van der Waals surface area contributed by atoms with E-state index in [2.05, 4.69) is 18.5 Å². The van der Waals surface area contributed by atoms with Crippen molar-refractivity contribution in [2.75, 3.05) is 0 Å². The zero-order chi connectivity index (χ0) is 92.0. The molecule has 0 atom stereocenters. The van der Waals surface area contributed by atoms with Crippen LogP contribution in [-0.2, 0) is 31.9 Å². The second kappa shape index (κ2) is 25.0. The predicted octanol–water partition coefficient (Wildman–Crippen LogP) is 18.5. The summed E-state index contributed by atoms with van der Waals surface area (Å²) in [5, 5.41) is -2.35. The number of aryl methyl sites for hydroxylation is 1. The molecule has 0 spiro atoms. The largest absolute Gasteiger partial charge is 0.510 e. The molecule has 15 rings (SSSR count). The van der Waals surface area contributed by atoms with E-state index < -0.39 is 244 Å². The number of nitrogens with zero attached hydrogens (tertiary/aromatic N) is 4. The van der Waals surface area contributed by atoms with Gasteiger partial charge in [-0.15, -0.1) is 29.7 Å². The van der Waals surface area contributed by atoms with Crippen molar-refractivity contribution in [2.45, 2.75) is 59.2 Å². The van der Waals surface area contributed by atoms with Crippen LogP contribution in [0.2, 0.25) is 0 Å². The van der Waals surface area contributed by atoms with Crippen LogP contribution in [0.3, 0.4) is 0 Å². The van der Waals surface area contributed by atoms with Crippen LogP contribution in [0.1, 0.15) is 103 Å². The van der Waals surface area contributed by atoms with Gasteiger partial charge in [0.25, 0.3) is 6.33 Å². The molecule has 0 bridgehead atoms. The normalized spacial score (nSPS) is 17.0. The second-order valence-corrected chi connectivity index (χ2v) is 27.5. The standard InChI is InChI=1S/C87H70N4OSi.Pt/c1-60-49-84(88-58-78(60)63-33-18-10-19-34-63)91-79-44-27-26-43-75(79)76-47-46-71(57-81(76)91)92-70-36-28-35-69(56-70)89-59-90(80-48-45-64(53-82(80)89)61-29-14-8-15-30-61)85-77(66-50-67(86(2,3)4)55-68(51-66)87(5,6)7)52-65(62-31-16-9-17-32-62)54-83(85)93(72-37-20-11-21-38-72,73-39-22-12-23-40-73)74-41-24-13-25-42-74;/h8-55,58H,1-7H3;/q-2;/i1D3,8D,9D,10D,11D,12D,13D,14D,15D,16D,17D,18D,19D,20D,21D,22D,23D,24D,25D,29D,30D,31D,32D,33D,34D,37D,38D,39D,40D,41D,42D;. The van der Waals surface area contributed by atoms with Gasteiger partial charge >= 0.3 is 0 Å². The summed E-state index contributed by atoms with van der Waals surface area (Å²) >= 11 is 0. The summed E-state index contributed by atoms with van der Waals surface area (Å²) in [6, 6.07) is 6.68. The summed E-state index contributed by atoms with van der Waals surface area (Å²) < 4.78 is 320. The summed E-state index contributed by atoms with van der Waals surface area (Å²) in [5.41, 5.74) is -2.49. The number of fused-ring (bicyclic) bond motifs is 4. The Labute approximate surface area is 613 Å². The van der Waals surface area contributed by atoms with Gasteiger partial charge in [-0.2, -0.15) is 18.2 Å². The van der Waals surface area contributed by atoms with Gasteiger partial charge in [-0.1, -0.05) is 283 Å². The van der Waals surface area contributed by atoms with Crippen molar-refractivity contribution in [1.29, 1.82) is 0 Å². The van der Waals surface area contributed by atoms with E-state index >= 15 is 0 Å². The van der Waals surface area contributed by atoms with Crippen molar-refractivity contribution >= 4 is 61.7 Å². The number of imidazole rings is 1. The molecular weight excluding hydrogens is 1340 g/mol. The molecule has 3 heterocycles. The molecule has 0 amide bonds. The van der Waals surface area contributed by atoms with E-state index in [1.807, 2.05) is 47.6 Å². The number of ether oxygens (including phenoxy) is 1. The van der Waals surface area contributed by atoms with Crippen LogP contribution in [0.15, 0.2) is 297 Å². The van der Waals surface area contributed by atoms with E-state index in [-0.39, 0.29) is 99.7 Å². The fourth-order valence-electron chi connectivity index (χ4n) is 11.7. The van der Waals surface area contributed by atoms with Gasteiger partial charge in [-0.25, -0.2) is 4.98 Å². The first-order valence-electron chi connectivity index (χ1n) is 45.9. The minimum atomic E-state index is -6.56. The summed E-state index contributed by atoms with van der Waals surface area (Å²) in [7, 11) is -6.56. The topological polar surface area (TPSA) is 35.9 Å². The van der Waals surface area contributed by atoms with Crippen molar-refractivity contribution < 1.29 is 75.6 Å². The van der Waals surface area contributed by atoms with Crippen molar-refractivity contribution in [3.63, 3.8) is 0 Å². The van der Waals surface area contributed by atoms with E-state index in [1.165, 1.54) is 57.7 Å². The van der Waals surface area contributed by atoms with Crippen LogP contribution in [0, 0.1) is 25.3 Å². The fraction of sp³-hybridized carbons (Fsp3) is 0.103. The maximum atomic E-state index is 10.4. The average molecular weight is 1440 g/mol. The molecule has 0 radical (unpaired) electrons. The molecule has 460 valence electrons. The van der Waals surface area contributed by atoms with Crippen LogP contribution >= 0.6 is 0 Å². The van der Waals surface area contributed by atoms with E-state index in [9.17, 15) is 24.7 Å². The van der Waals surface area contributed by atoms with Crippen LogP contribution in [-0.4, -0.2) is 22.2 Å². The number of hydrogen-bond acceptors (Lipinski definition) is 2. The SMILES string of the molecule is [2H]c1c([2H])c([2H])c(-c2cc(-c3cc(C(C)(C)C)cc(C(C)(C)C)c3)c(-[n+]3[c-]n(-c4[c-]c(Oc5[c-]c6c(cc5)c5ccccc5n6-c5cc(C([2H])([2H])[2H])c(-c6c([2H])c([2H])c([2H])c([2H])c6[2H])cn5)ccc4)c4cc(-c5c([2H])c([2H])c([2H])c([2H])c5[2H])ccc43)c([Si](c3c([2H])c([2H])c([2H])c([2H])c3[2H])(c3c([2H])c([2H])c([2H])c([2H])c3[2H])c3c([2H])c([2H])c([2H])c([2H])c3[2H])c2)c([2H])c1[2H].[Pt]. The zero-order valence-electron chi connectivity index (χ0n) is 84.0. The van der Waals surface area contributed by atoms with Crippen LogP contribution < -0.4 is 30.1 Å². The number of aromatic nitrogens is 4. The zero-order valence-corrected chi connectivity index (χ0v) is 54.3. The molecule has 0 fully saturated rings. The van der Waals surface area contributed by atoms with Gasteiger partial charge in [-0.05, 0) is 129 Å². The van der Waals surface area contributed by atoms with E-state index in [0.29, 0.717) is 27.4 Å². The van der Waals surface area contributed by atoms with Crippen molar-refractivity contribution in [3.8, 4) is 73.2 Å². The second-order valence-electron chi connectivity index (χ2n) is 24.0. The van der Waals surface area contributed by atoms with Gasteiger partial charge in [0.15, 0.2) is 8.07 Å². The van der Waals surface area contributed by atoms with E-state index in [4.69, 9.17) is 30.3 Å². The monoisotopic (exact) mass is 1440 g/mol. The molecule has 0 aliphatic heterocycles. The molecule has 12 aromatic carbocycles. The van der Waals surface area contributed by atoms with Gasteiger partial charge in [0.1, 0.15) is 5.82 Å². The number of pyridine rings is 1. The Kier molecular flexibility index (Phi) is 9.06. The molecule has 0 saturated carbocycles. The molecule has 0 N–H and O–H groups in total. The summed E-state index contributed by atoms with van der Waals surface area (Å²) in [6.45, 7) is 8.48. The average Bonchev–Trinajstić information content (AvgIpc) is 0.921. The fourth-order valence-corrected chi connectivity index (χ4v) is 15.8. The maximum absolute atomic E-state index is 10.4. The van der Waals surface area contributed by atoms with Gasteiger partial charge in [-0.3, -0.25) is 4.57 Å². The Bertz CT molecular complexity index is 6920. The van der Waals surface area contributed by atoms with Gasteiger partial charge in [0, 0.05) is 54.0 Å². The van der Waals surface area contributed by atoms with Gasteiger partial charge in [0.2, 0.25) is 0 Å². The number of hydrogen-bond donors (Lipinski definition) is 0. The molecule has 0 saturated heterocycles. The quantitative estimate of drug-likeness (QED) is 0.0499. The Balaban J connectivity index is 0.0000131. The summed E-state index contributed by atoms with van der Waals surface area (Å²) in [6.07, 6.45) is 4.56. The van der Waals surface area contributed by atoms with Crippen LogP contribution in [0.4, 0.5) is 0 Å². The Hall–Kier alpha value is -10.2. The molecule has 15 aromatic rings. The summed E-state index contributed by atoms with van der Waals surface area (Å²) in [4.78, 5) is 4.70. The van der Waals surface area contributed by atoms with Crippen molar-refractivity contribution in [2.24, 2.45) is 0 Å². The molecule has 0 aliphatic carbocycles. The number of rotatable bonds is 13. The first kappa shape index (κ1) is 34.1. The third-order valence-corrected chi connectivity index (χ3v) is 20.4. The Morgan fingerprint density at radius 1 is 0.479 bits per heavy atom. The molecule has 7 heteroatoms. The third kappa shape index (κ3) is 11.2. The van der Waals surface area contributed by atoms with Crippen molar-refractivity contribution in [1.82, 2.24) is 14.1 Å². The third-order valence-electron chi connectivity index (χ3n) is 16.2. The summed E-state index contributed by atoms with van der Waals surface area (Å²) in [5.74, 6) is -0.104. The first-order chi connectivity index (χ1) is 58.9. The molecule has 3 aromatic heterocycles. The molecule has 0 aliphatic rings. The van der Waals surface area contributed by atoms with Crippen LogP contribution in [0.25, 0.3) is 94.5 Å². The van der Waals surface area contributed by atoms with Crippen LogP contribution in [0.5, 0.6) is 11.5 Å². The molecule has 0 unspecified atom stereocenters. The molecule has 5 nitrogen and oxygen atoms in total. The number of para-hydroxylation sites is 1. The Morgan fingerprint density at radius 2 is 1.04 bits per heavy atom. The maximum Gasteiger partial charge on any atom is 0.268 e. The van der Waals surface area contributed by atoms with Gasteiger partial charge < -0.3 is 13.9 Å². The minimum Gasteiger partial charge on any atom is -0.510 e. The van der Waals surface area contributed by atoms with Crippen molar-refractivity contribution in [3.05, 3.63) is 332 Å². The Morgan fingerprint density at radius 3 is 1.64 bits per heavy atom. The smallest absolute Gasteiger partial charge is 0.268 e. The van der Waals surface area contributed by atoms with E-state index in [1.54, 1.807) is 53.1 Å². The van der Waals surface area contributed by atoms with E-state index in [0.717, 1.165) is 12.3 Å². The molecule has 94 heavy (non-hydrogen) atoms. The minimum absolute atomic E-state index is 0. The predicted molar refractivity (Wildman–Crippen MR) is 387 cm³/mol. The molecular formula is C87H70N4OPtSi-2.